The Kier molecular flexibility index (Phi) is 2.96. The highest BCUT2D eigenvalue weighted by atomic mass is 19.1. The number of nitrogens with zero attached hydrogens (tertiary/aromatic N) is 1. The Morgan fingerprint density at radius 1 is 1.29 bits per heavy atom. The average Bonchev–Trinajstić information content (AvgIpc) is 3.14. The van der Waals surface area contributed by atoms with Crippen molar-refractivity contribution in [3.05, 3.63) is 41.5 Å². The van der Waals surface area contributed by atoms with E-state index in [2.05, 4.69) is 11.1 Å². The number of rotatable bonds is 3. The van der Waals surface area contributed by atoms with Gasteiger partial charge >= 0.3 is 0 Å². The third-order valence-electron chi connectivity index (χ3n) is 3.89. The van der Waals surface area contributed by atoms with Gasteiger partial charge in [0.1, 0.15) is 0 Å². The van der Waals surface area contributed by atoms with E-state index in [0.717, 1.165) is 25.2 Å². The maximum atomic E-state index is 13.3. The molecule has 1 saturated carbocycles. The van der Waals surface area contributed by atoms with Crippen LogP contribution in [0.1, 0.15) is 49.1 Å². The number of aromatic nitrogens is 1. The molecule has 0 amide bonds. The van der Waals surface area contributed by atoms with E-state index < -0.39 is 0 Å². The summed E-state index contributed by atoms with van der Waals surface area (Å²) in [6.07, 6.45) is 11.9. The molecule has 0 aliphatic heterocycles. The van der Waals surface area contributed by atoms with Crippen LogP contribution in [0.5, 0.6) is 0 Å². The molecule has 1 atom stereocenters. The fourth-order valence-electron chi connectivity index (χ4n) is 2.82. The van der Waals surface area contributed by atoms with Crippen LogP contribution in [0.15, 0.2) is 30.4 Å². The van der Waals surface area contributed by atoms with Crippen LogP contribution in [0, 0.1) is 5.92 Å². The van der Waals surface area contributed by atoms with Crippen molar-refractivity contribution in [2.45, 2.75) is 44.4 Å². The molecule has 90 valence electrons. The molecule has 1 aromatic heterocycles. The Bertz CT molecular complexity index is 434. The van der Waals surface area contributed by atoms with Crippen molar-refractivity contribution >= 4 is 0 Å². The number of pyridine rings is 1. The average molecular weight is 231 g/mol. The molecule has 1 fully saturated rings. The van der Waals surface area contributed by atoms with Gasteiger partial charge in [0.05, 0.1) is 5.83 Å². The molecule has 1 nitrogen and oxygen atoms in total. The largest absolute Gasteiger partial charge is 0.264 e. The lowest BCUT2D eigenvalue weighted by molar-refractivity contribution is 0.405. The van der Waals surface area contributed by atoms with E-state index in [4.69, 9.17) is 0 Å². The van der Waals surface area contributed by atoms with Crippen LogP contribution in [-0.2, 0) is 6.42 Å². The molecule has 2 aliphatic carbocycles. The van der Waals surface area contributed by atoms with E-state index in [0.29, 0.717) is 12.3 Å². The van der Waals surface area contributed by atoms with Crippen LogP contribution >= 0.6 is 0 Å². The van der Waals surface area contributed by atoms with Gasteiger partial charge in [-0.2, -0.15) is 0 Å². The molecule has 0 saturated heterocycles. The number of hydrogen-bond acceptors (Lipinski definition) is 1. The third-order valence-corrected chi connectivity index (χ3v) is 3.89. The van der Waals surface area contributed by atoms with Crippen LogP contribution in [0.2, 0.25) is 0 Å². The van der Waals surface area contributed by atoms with Gasteiger partial charge in [-0.25, -0.2) is 4.39 Å². The molecule has 0 spiro atoms. The molecule has 0 N–H and O–H groups in total. The number of halogens is 1. The Balaban J connectivity index is 1.74. The molecule has 1 unspecified atom stereocenters. The zero-order valence-corrected chi connectivity index (χ0v) is 10.0. The van der Waals surface area contributed by atoms with Crippen LogP contribution < -0.4 is 0 Å². The van der Waals surface area contributed by atoms with E-state index >= 15 is 0 Å². The van der Waals surface area contributed by atoms with E-state index in [9.17, 15) is 4.39 Å². The minimum Gasteiger partial charge on any atom is -0.264 e. The molecule has 1 aromatic rings. The smallest absolute Gasteiger partial charge is 0.0962 e. The summed E-state index contributed by atoms with van der Waals surface area (Å²) in [6, 6.07) is 2.15. The van der Waals surface area contributed by atoms with E-state index in [1.807, 2.05) is 12.4 Å². The zero-order chi connectivity index (χ0) is 11.7. The lowest BCUT2D eigenvalue weighted by Gasteiger charge is -2.20. The Hall–Kier alpha value is -1.18. The highest BCUT2D eigenvalue weighted by Gasteiger charge is 2.27. The summed E-state index contributed by atoms with van der Waals surface area (Å²) < 4.78 is 13.3. The quantitative estimate of drug-likeness (QED) is 0.761. The van der Waals surface area contributed by atoms with Crippen molar-refractivity contribution < 1.29 is 4.39 Å². The lowest BCUT2D eigenvalue weighted by Crippen LogP contribution is -2.10. The van der Waals surface area contributed by atoms with Crippen molar-refractivity contribution in [1.29, 1.82) is 0 Å². The summed E-state index contributed by atoms with van der Waals surface area (Å²) in [5.74, 6) is 1.32. The molecule has 0 bridgehead atoms. The first-order valence-electron chi connectivity index (χ1n) is 6.60. The molecule has 1 heterocycles. The van der Waals surface area contributed by atoms with Crippen molar-refractivity contribution in [2.75, 3.05) is 0 Å². The molecule has 2 aliphatic rings. The van der Waals surface area contributed by atoms with Crippen LogP contribution in [-0.4, -0.2) is 4.98 Å². The third kappa shape index (κ3) is 2.56. The summed E-state index contributed by atoms with van der Waals surface area (Å²) in [6.45, 7) is 0. The molecular formula is C15H18FN. The number of hydrogen-bond donors (Lipinski definition) is 0. The highest BCUT2D eigenvalue weighted by molar-refractivity contribution is 5.31. The monoisotopic (exact) mass is 231 g/mol. The highest BCUT2D eigenvalue weighted by Crippen LogP contribution is 2.42. The second-order valence-corrected chi connectivity index (χ2v) is 5.35. The van der Waals surface area contributed by atoms with E-state index in [1.165, 1.54) is 24.0 Å². The van der Waals surface area contributed by atoms with Gasteiger partial charge in [-0.1, -0.05) is 6.08 Å². The van der Waals surface area contributed by atoms with Crippen molar-refractivity contribution in [2.24, 2.45) is 5.92 Å². The van der Waals surface area contributed by atoms with Crippen molar-refractivity contribution in [3.63, 3.8) is 0 Å². The SMILES string of the molecule is FC1=CCCC(Cc2cnccc2C2CC2)C1. The van der Waals surface area contributed by atoms with Crippen LogP contribution in [0.25, 0.3) is 0 Å². The predicted octanol–water partition coefficient (Wildman–Crippen LogP) is 4.16. The van der Waals surface area contributed by atoms with Gasteiger partial charge in [-0.3, -0.25) is 4.98 Å². The molecule has 17 heavy (non-hydrogen) atoms. The van der Waals surface area contributed by atoms with Crippen LogP contribution in [0.4, 0.5) is 4.39 Å². The molecular weight excluding hydrogens is 213 g/mol. The molecule has 0 radical (unpaired) electrons. The van der Waals surface area contributed by atoms with Gasteiger partial charge in [-0.05, 0) is 61.1 Å². The van der Waals surface area contributed by atoms with Gasteiger partial charge in [-0.15, -0.1) is 0 Å². The molecule has 0 aromatic carbocycles. The first-order chi connectivity index (χ1) is 8.33. The summed E-state index contributed by atoms with van der Waals surface area (Å²) in [7, 11) is 0. The summed E-state index contributed by atoms with van der Waals surface area (Å²) >= 11 is 0. The minimum atomic E-state index is 0.0816. The standard InChI is InChI=1S/C15H18FN/c16-14-3-1-2-11(9-14)8-13-10-17-7-6-15(13)12-4-5-12/h3,6-7,10-12H,1-2,4-5,8-9H2. The van der Waals surface area contributed by atoms with Gasteiger partial charge in [0.2, 0.25) is 0 Å². The molecule has 2 heteroatoms. The van der Waals surface area contributed by atoms with Gasteiger partial charge in [0.15, 0.2) is 0 Å². The fourth-order valence-corrected chi connectivity index (χ4v) is 2.82. The minimum absolute atomic E-state index is 0.0816. The van der Waals surface area contributed by atoms with Crippen LogP contribution in [0.3, 0.4) is 0 Å². The second kappa shape index (κ2) is 4.59. The Labute approximate surface area is 102 Å². The fraction of sp³-hybridized carbons (Fsp3) is 0.533. The second-order valence-electron chi connectivity index (χ2n) is 5.35. The first-order valence-corrected chi connectivity index (χ1v) is 6.60. The normalized spacial score (nSPS) is 24.5. The van der Waals surface area contributed by atoms with E-state index in [-0.39, 0.29) is 5.83 Å². The van der Waals surface area contributed by atoms with Crippen molar-refractivity contribution in [1.82, 2.24) is 4.98 Å². The van der Waals surface area contributed by atoms with Gasteiger partial charge in [0.25, 0.3) is 0 Å². The van der Waals surface area contributed by atoms with E-state index in [1.54, 1.807) is 6.08 Å². The summed E-state index contributed by atoms with van der Waals surface area (Å²) in [5, 5.41) is 0. The topological polar surface area (TPSA) is 12.9 Å². The summed E-state index contributed by atoms with van der Waals surface area (Å²) in [5.41, 5.74) is 2.82. The zero-order valence-electron chi connectivity index (χ0n) is 10.0. The number of allylic oxidation sites excluding steroid dienone is 2. The van der Waals surface area contributed by atoms with Crippen molar-refractivity contribution in [3.8, 4) is 0 Å². The maximum Gasteiger partial charge on any atom is 0.0962 e. The predicted molar refractivity (Wildman–Crippen MR) is 66.4 cm³/mol. The van der Waals surface area contributed by atoms with Gasteiger partial charge in [0, 0.05) is 18.8 Å². The molecule has 3 rings (SSSR count). The van der Waals surface area contributed by atoms with Gasteiger partial charge < -0.3 is 0 Å². The Morgan fingerprint density at radius 2 is 2.18 bits per heavy atom. The lowest BCUT2D eigenvalue weighted by atomic mass is 9.86. The first kappa shape index (κ1) is 10.9. The Morgan fingerprint density at radius 3 is 2.94 bits per heavy atom. The maximum absolute atomic E-state index is 13.3. The summed E-state index contributed by atoms with van der Waals surface area (Å²) in [4.78, 5) is 4.23.